The fourth-order valence-electron chi connectivity index (χ4n) is 4.01. The highest BCUT2D eigenvalue weighted by Crippen LogP contribution is 2.34. The predicted molar refractivity (Wildman–Crippen MR) is 119 cm³/mol. The predicted octanol–water partition coefficient (Wildman–Crippen LogP) is 2.95. The lowest BCUT2D eigenvalue weighted by atomic mass is 9.93. The van der Waals surface area contributed by atoms with Gasteiger partial charge in [-0.1, -0.05) is 6.07 Å². The van der Waals surface area contributed by atoms with Crippen molar-refractivity contribution in [3.05, 3.63) is 46.7 Å². The van der Waals surface area contributed by atoms with Crippen molar-refractivity contribution >= 4 is 34.8 Å². The van der Waals surface area contributed by atoms with Crippen molar-refractivity contribution in [1.29, 1.82) is 0 Å². The quantitative estimate of drug-likeness (QED) is 0.699. The second kappa shape index (κ2) is 10.0. The van der Waals surface area contributed by atoms with Gasteiger partial charge >= 0.3 is 12.1 Å². The number of methoxy groups -OCH3 is 1. The molecule has 0 aliphatic carbocycles. The number of amides is 2. The Labute approximate surface area is 198 Å². The lowest BCUT2D eigenvalue weighted by molar-refractivity contribution is -0.192. The Bertz CT molecular complexity index is 1050. The number of carboxylic acid groups (broad SMARTS) is 1. The zero-order valence-electron chi connectivity index (χ0n) is 18.5. The zero-order chi connectivity index (χ0) is 25.1. The zero-order valence-corrected chi connectivity index (χ0v) is 19.4. The number of aliphatic carboxylic acids is 1. The Morgan fingerprint density at radius 1 is 1.21 bits per heavy atom. The van der Waals surface area contributed by atoms with Crippen LogP contribution >= 0.6 is 11.3 Å². The van der Waals surface area contributed by atoms with Crippen LogP contribution in [0.25, 0.3) is 0 Å². The van der Waals surface area contributed by atoms with Gasteiger partial charge in [0, 0.05) is 30.6 Å². The third-order valence-electron chi connectivity index (χ3n) is 5.93. The summed E-state index contributed by atoms with van der Waals surface area (Å²) < 4.78 is 37.0. The lowest BCUT2D eigenvalue weighted by Gasteiger charge is -2.46. The molecule has 2 saturated heterocycles. The molecule has 1 unspecified atom stereocenters. The van der Waals surface area contributed by atoms with Crippen molar-refractivity contribution in [3.63, 3.8) is 0 Å². The van der Waals surface area contributed by atoms with Crippen molar-refractivity contribution in [1.82, 2.24) is 9.80 Å². The van der Waals surface area contributed by atoms with Gasteiger partial charge in [0.1, 0.15) is 5.75 Å². The van der Waals surface area contributed by atoms with Gasteiger partial charge in [0.2, 0.25) is 5.91 Å². The van der Waals surface area contributed by atoms with Crippen LogP contribution in [0.5, 0.6) is 5.75 Å². The van der Waals surface area contributed by atoms with E-state index in [0.29, 0.717) is 37.5 Å². The molecule has 4 rings (SSSR count). The average molecular weight is 500 g/mol. The van der Waals surface area contributed by atoms with Crippen LogP contribution in [0.3, 0.4) is 0 Å². The molecule has 2 fully saturated rings. The smallest absolute Gasteiger partial charge is 0.490 e. The highest BCUT2D eigenvalue weighted by atomic mass is 32.1. The summed E-state index contributed by atoms with van der Waals surface area (Å²) in [5, 5.41) is 11.1. The summed E-state index contributed by atoms with van der Waals surface area (Å²) in [6.07, 6.45) is -4.23. The number of anilines is 1. The number of piperazine rings is 1. The van der Waals surface area contributed by atoms with Gasteiger partial charge in [0.25, 0.3) is 5.91 Å². The third kappa shape index (κ3) is 5.50. The third-order valence-corrected chi connectivity index (χ3v) is 6.60. The molecule has 2 aliphatic rings. The molecule has 2 aliphatic heterocycles. The van der Waals surface area contributed by atoms with Crippen LogP contribution in [-0.4, -0.2) is 84.7 Å². The fraction of sp³-hybridized carbons (Fsp3) is 0.409. The lowest BCUT2D eigenvalue weighted by Crippen LogP contribution is -2.64. The van der Waals surface area contributed by atoms with Crippen LogP contribution < -0.4 is 9.64 Å². The Morgan fingerprint density at radius 2 is 1.91 bits per heavy atom. The Morgan fingerprint density at radius 3 is 2.50 bits per heavy atom. The normalized spacial score (nSPS) is 20.8. The number of rotatable bonds is 3. The fourth-order valence-corrected chi connectivity index (χ4v) is 4.66. The SMILES string of the molecule is COc1cccc(C(=O)N2CCC3(C2)CN(c2ccsc2)C(=O)CN3C)c1.O=C(O)C(F)(F)F. The van der Waals surface area contributed by atoms with Crippen LogP contribution in [0.2, 0.25) is 0 Å². The van der Waals surface area contributed by atoms with Gasteiger partial charge in [0.05, 0.1) is 24.9 Å². The second-order valence-electron chi connectivity index (χ2n) is 8.05. The van der Waals surface area contributed by atoms with Crippen LogP contribution in [0, 0.1) is 0 Å². The van der Waals surface area contributed by atoms with Crippen molar-refractivity contribution in [2.45, 2.75) is 18.1 Å². The maximum Gasteiger partial charge on any atom is 0.490 e. The van der Waals surface area contributed by atoms with Crippen molar-refractivity contribution < 1.29 is 37.4 Å². The van der Waals surface area contributed by atoms with Gasteiger partial charge in [-0.15, -0.1) is 0 Å². The first-order valence-electron chi connectivity index (χ1n) is 10.2. The number of benzene rings is 1. The van der Waals surface area contributed by atoms with Crippen LogP contribution in [-0.2, 0) is 9.59 Å². The van der Waals surface area contributed by atoms with E-state index in [-0.39, 0.29) is 17.4 Å². The summed E-state index contributed by atoms with van der Waals surface area (Å²) in [5.74, 6) is -1.96. The van der Waals surface area contributed by atoms with Gasteiger partial charge < -0.3 is 19.6 Å². The first kappa shape index (κ1) is 25.5. The summed E-state index contributed by atoms with van der Waals surface area (Å²) in [6, 6.07) is 9.25. The standard InChI is InChI=1S/C20H23N3O3S.C2HF3O2/c1-21-11-18(24)23(16-6-9-27-12-16)14-20(21)7-8-22(13-20)19(25)15-4-3-5-17(10-15)26-2;3-2(4,5)1(6)7/h3-6,9-10,12H,7-8,11,13-14H2,1-2H3;(H,6,7). The molecular weight excluding hydrogens is 475 g/mol. The highest BCUT2D eigenvalue weighted by molar-refractivity contribution is 7.08. The highest BCUT2D eigenvalue weighted by Gasteiger charge is 2.48. The first-order chi connectivity index (χ1) is 16.0. The van der Waals surface area contributed by atoms with Crippen LogP contribution in [0.4, 0.5) is 18.9 Å². The molecule has 0 radical (unpaired) electrons. The van der Waals surface area contributed by atoms with Gasteiger partial charge in [-0.2, -0.15) is 24.5 Å². The molecule has 0 bridgehead atoms. The van der Waals surface area contributed by atoms with E-state index in [4.69, 9.17) is 14.6 Å². The number of nitrogens with zero attached hydrogens (tertiary/aromatic N) is 3. The molecule has 0 saturated carbocycles. The number of halogens is 3. The minimum Gasteiger partial charge on any atom is -0.497 e. The molecule has 1 aromatic heterocycles. The molecule has 184 valence electrons. The van der Waals surface area contributed by atoms with E-state index in [1.165, 1.54) is 0 Å². The summed E-state index contributed by atoms with van der Waals surface area (Å²) in [4.78, 5) is 40.3. The van der Waals surface area contributed by atoms with E-state index in [1.54, 1.807) is 24.5 Å². The molecule has 3 heterocycles. The Balaban J connectivity index is 0.000000406. The molecule has 1 spiro atoms. The van der Waals surface area contributed by atoms with E-state index >= 15 is 0 Å². The molecule has 34 heavy (non-hydrogen) atoms. The van der Waals surface area contributed by atoms with E-state index in [2.05, 4.69) is 4.90 Å². The van der Waals surface area contributed by atoms with E-state index in [0.717, 1.165) is 12.1 Å². The molecular formula is C22H24F3N3O5S. The van der Waals surface area contributed by atoms with Crippen molar-refractivity contribution in [3.8, 4) is 5.75 Å². The van der Waals surface area contributed by atoms with Gasteiger partial charge in [-0.3, -0.25) is 14.5 Å². The maximum absolute atomic E-state index is 13.0. The first-order valence-corrected chi connectivity index (χ1v) is 11.2. The van der Waals surface area contributed by atoms with Gasteiger partial charge in [0.15, 0.2) is 0 Å². The number of hydrogen-bond donors (Lipinski definition) is 1. The molecule has 1 N–H and O–H groups in total. The van der Waals surface area contributed by atoms with Crippen molar-refractivity contribution in [2.75, 3.05) is 45.2 Å². The molecule has 12 heteroatoms. The maximum atomic E-state index is 13.0. The minimum absolute atomic E-state index is 0.0122. The number of thiophene rings is 1. The van der Waals surface area contributed by atoms with Gasteiger partial charge in [-0.05, 0) is 43.1 Å². The second-order valence-corrected chi connectivity index (χ2v) is 8.83. The average Bonchev–Trinajstić information content (AvgIpc) is 3.47. The number of carbonyl (C=O) groups excluding carboxylic acids is 2. The van der Waals surface area contributed by atoms with Crippen molar-refractivity contribution in [2.24, 2.45) is 0 Å². The minimum atomic E-state index is -5.08. The van der Waals surface area contributed by atoms with Crippen LogP contribution in [0.15, 0.2) is 41.1 Å². The number of alkyl halides is 3. The Hall–Kier alpha value is -3.12. The van der Waals surface area contributed by atoms with E-state index in [1.807, 2.05) is 51.9 Å². The number of ether oxygens (including phenoxy) is 1. The summed E-state index contributed by atoms with van der Waals surface area (Å²) in [7, 11) is 3.59. The molecule has 2 aromatic rings. The Kier molecular flexibility index (Phi) is 7.51. The number of carbonyl (C=O) groups is 3. The molecule has 1 aromatic carbocycles. The summed E-state index contributed by atoms with van der Waals surface area (Å²) in [5.41, 5.74) is 1.38. The number of hydrogen-bond acceptors (Lipinski definition) is 6. The van der Waals surface area contributed by atoms with Gasteiger partial charge in [-0.25, -0.2) is 4.79 Å². The summed E-state index contributed by atoms with van der Waals surface area (Å²) in [6.45, 7) is 2.29. The number of likely N-dealkylation sites (N-methyl/N-ethyl adjacent to an activating group) is 1. The monoisotopic (exact) mass is 499 g/mol. The van der Waals surface area contributed by atoms with E-state index in [9.17, 15) is 22.8 Å². The topological polar surface area (TPSA) is 90.4 Å². The van der Waals surface area contributed by atoms with E-state index < -0.39 is 12.1 Å². The largest absolute Gasteiger partial charge is 0.497 e. The van der Waals surface area contributed by atoms with Crippen LogP contribution in [0.1, 0.15) is 16.8 Å². The number of carboxylic acids is 1. The molecule has 2 amide bonds. The molecule has 1 atom stereocenters. The molecule has 8 nitrogen and oxygen atoms in total. The summed E-state index contributed by atoms with van der Waals surface area (Å²) >= 11 is 1.59. The number of likely N-dealkylation sites (tertiary alicyclic amines) is 1.